The van der Waals surface area contributed by atoms with Crippen molar-refractivity contribution in [3.05, 3.63) is 25.6 Å². The fraction of sp³-hybridized carbons (Fsp3) is 0.385. The molecule has 0 atom stereocenters. The molecule has 18 heavy (non-hydrogen) atoms. The van der Waals surface area contributed by atoms with Gasteiger partial charge >= 0.3 is 0 Å². The molecule has 0 radical (unpaired) electrons. The molecule has 2 N–H and O–H groups in total. The van der Waals surface area contributed by atoms with Crippen LogP contribution in [0.5, 0.6) is 0 Å². The third kappa shape index (κ3) is 2.83. The van der Waals surface area contributed by atoms with E-state index in [0.717, 1.165) is 27.1 Å². The van der Waals surface area contributed by atoms with Crippen molar-refractivity contribution < 1.29 is 0 Å². The van der Waals surface area contributed by atoms with Crippen LogP contribution in [0.3, 0.4) is 0 Å². The lowest BCUT2D eigenvalue weighted by molar-refractivity contribution is 0.632. The summed E-state index contributed by atoms with van der Waals surface area (Å²) in [6, 6.07) is 0. The minimum Gasteiger partial charge on any atom is -0.383 e. The summed E-state index contributed by atoms with van der Waals surface area (Å²) in [6.45, 7) is 6.44. The summed E-state index contributed by atoms with van der Waals surface area (Å²) in [4.78, 5) is 9.09. The van der Waals surface area contributed by atoms with Gasteiger partial charge in [0.2, 0.25) is 0 Å². The number of nitrogens with zero attached hydrogens (tertiary/aromatic N) is 2. The summed E-state index contributed by atoms with van der Waals surface area (Å²) in [7, 11) is 0. The molecule has 0 saturated heterocycles. The molecule has 0 aliphatic carbocycles. The Bertz CT molecular complexity index is 563. The Labute approximate surface area is 125 Å². The number of anilines is 1. The molecule has 0 unspecified atom stereocenters. The number of hydrogen-bond donors (Lipinski definition) is 1. The van der Waals surface area contributed by atoms with Crippen LogP contribution in [0.1, 0.15) is 25.1 Å². The second-order valence-electron chi connectivity index (χ2n) is 4.76. The zero-order valence-corrected chi connectivity index (χ0v) is 13.7. The van der Waals surface area contributed by atoms with Gasteiger partial charge in [0.25, 0.3) is 0 Å². The Kier molecular flexibility index (Phi) is 4.21. The molecular formula is C13H16IN3S. The van der Waals surface area contributed by atoms with Gasteiger partial charge in [0.15, 0.2) is 5.82 Å². The standard InChI is InChI=1S/C13H16IN3S/c1-7(2)4-10-11(14)12(15)17-13(16-10)9-6-18-5-8(9)3/h5-7H,4H2,1-3H3,(H2,15,16,17). The molecule has 0 fully saturated rings. The lowest BCUT2D eigenvalue weighted by Crippen LogP contribution is -2.07. The van der Waals surface area contributed by atoms with Gasteiger partial charge < -0.3 is 5.73 Å². The van der Waals surface area contributed by atoms with Crippen LogP contribution >= 0.6 is 33.9 Å². The maximum Gasteiger partial charge on any atom is 0.162 e. The number of thiophene rings is 1. The van der Waals surface area contributed by atoms with Crippen LogP contribution in [-0.2, 0) is 6.42 Å². The van der Waals surface area contributed by atoms with Gasteiger partial charge in [0.1, 0.15) is 5.82 Å². The van der Waals surface area contributed by atoms with Crippen molar-refractivity contribution in [3.8, 4) is 11.4 Å². The van der Waals surface area contributed by atoms with Crippen molar-refractivity contribution in [3.63, 3.8) is 0 Å². The third-order valence-corrected chi connectivity index (χ3v) is 4.68. The molecule has 0 bridgehead atoms. The van der Waals surface area contributed by atoms with Crippen LogP contribution in [0, 0.1) is 16.4 Å². The molecule has 0 spiro atoms. The number of aromatic nitrogens is 2. The Morgan fingerprint density at radius 1 is 1.33 bits per heavy atom. The predicted octanol–water partition coefficient (Wildman–Crippen LogP) is 3.90. The molecule has 3 nitrogen and oxygen atoms in total. The number of aryl methyl sites for hydroxylation is 1. The van der Waals surface area contributed by atoms with Gasteiger partial charge in [0.05, 0.1) is 9.26 Å². The smallest absolute Gasteiger partial charge is 0.162 e. The third-order valence-electron chi connectivity index (χ3n) is 2.64. The lowest BCUT2D eigenvalue weighted by atomic mass is 10.1. The largest absolute Gasteiger partial charge is 0.383 e. The fourth-order valence-electron chi connectivity index (χ4n) is 1.74. The summed E-state index contributed by atoms with van der Waals surface area (Å²) in [5, 5.41) is 4.19. The molecule has 5 heteroatoms. The molecule has 0 aliphatic rings. The molecule has 2 heterocycles. The molecule has 0 aliphatic heterocycles. The number of halogens is 1. The number of rotatable bonds is 3. The van der Waals surface area contributed by atoms with E-state index in [4.69, 9.17) is 5.73 Å². The van der Waals surface area contributed by atoms with E-state index in [2.05, 4.69) is 64.1 Å². The van der Waals surface area contributed by atoms with Crippen molar-refractivity contribution in [2.45, 2.75) is 27.2 Å². The molecule has 96 valence electrons. The Morgan fingerprint density at radius 2 is 2.06 bits per heavy atom. The molecule has 0 amide bonds. The van der Waals surface area contributed by atoms with Crippen molar-refractivity contribution >= 4 is 39.7 Å². The summed E-state index contributed by atoms with van der Waals surface area (Å²) >= 11 is 3.90. The average molecular weight is 373 g/mol. The van der Waals surface area contributed by atoms with E-state index in [-0.39, 0.29) is 0 Å². The molecule has 0 saturated carbocycles. The van der Waals surface area contributed by atoms with Crippen LogP contribution in [0.15, 0.2) is 10.8 Å². The van der Waals surface area contributed by atoms with E-state index in [9.17, 15) is 0 Å². The number of hydrogen-bond acceptors (Lipinski definition) is 4. The monoisotopic (exact) mass is 373 g/mol. The molecule has 2 rings (SSSR count). The first-order valence-electron chi connectivity index (χ1n) is 5.84. The van der Waals surface area contributed by atoms with E-state index in [0.29, 0.717) is 11.7 Å². The average Bonchev–Trinajstić information content (AvgIpc) is 2.70. The highest BCUT2D eigenvalue weighted by Crippen LogP contribution is 2.27. The quantitative estimate of drug-likeness (QED) is 0.831. The van der Waals surface area contributed by atoms with Gasteiger partial charge in [-0.2, -0.15) is 11.3 Å². The lowest BCUT2D eigenvalue weighted by Gasteiger charge is -2.10. The van der Waals surface area contributed by atoms with Crippen LogP contribution in [0.2, 0.25) is 0 Å². The van der Waals surface area contributed by atoms with E-state index < -0.39 is 0 Å². The predicted molar refractivity (Wildman–Crippen MR) is 85.8 cm³/mol. The minimum atomic E-state index is 0.559. The number of nitrogen functional groups attached to an aromatic ring is 1. The highest BCUT2D eigenvalue weighted by atomic mass is 127. The topological polar surface area (TPSA) is 51.8 Å². The van der Waals surface area contributed by atoms with Crippen molar-refractivity contribution in [1.82, 2.24) is 9.97 Å². The minimum absolute atomic E-state index is 0.559. The highest BCUT2D eigenvalue weighted by Gasteiger charge is 2.14. The number of nitrogens with two attached hydrogens (primary N) is 1. The molecule has 2 aromatic heterocycles. The van der Waals surface area contributed by atoms with Crippen molar-refractivity contribution in [2.24, 2.45) is 5.92 Å². The first-order valence-corrected chi connectivity index (χ1v) is 7.86. The maximum atomic E-state index is 6.00. The maximum absolute atomic E-state index is 6.00. The highest BCUT2D eigenvalue weighted by molar-refractivity contribution is 14.1. The first-order chi connectivity index (χ1) is 8.49. The molecular weight excluding hydrogens is 357 g/mol. The van der Waals surface area contributed by atoms with Gasteiger partial charge in [-0.05, 0) is 52.8 Å². The summed E-state index contributed by atoms with van der Waals surface area (Å²) in [5.74, 6) is 1.90. The van der Waals surface area contributed by atoms with Gasteiger partial charge in [-0.25, -0.2) is 9.97 Å². The van der Waals surface area contributed by atoms with Gasteiger partial charge in [0, 0.05) is 10.9 Å². The zero-order chi connectivity index (χ0) is 13.3. The van der Waals surface area contributed by atoms with Crippen LogP contribution in [0.4, 0.5) is 5.82 Å². The van der Waals surface area contributed by atoms with E-state index >= 15 is 0 Å². The normalized spacial score (nSPS) is 11.2. The van der Waals surface area contributed by atoms with E-state index in [1.165, 1.54) is 5.56 Å². The van der Waals surface area contributed by atoms with Crippen LogP contribution < -0.4 is 5.73 Å². The SMILES string of the molecule is Cc1cscc1-c1nc(N)c(I)c(CC(C)C)n1. The van der Waals surface area contributed by atoms with E-state index in [1.54, 1.807) is 11.3 Å². The van der Waals surface area contributed by atoms with E-state index in [1.807, 2.05) is 0 Å². The Balaban J connectivity index is 2.51. The van der Waals surface area contributed by atoms with Gasteiger partial charge in [-0.15, -0.1) is 0 Å². The fourth-order valence-corrected chi connectivity index (χ4v) is 3.03. The van der Waals surface area contributed by atoms with Crippen molar-refractivity contribution in [1.29, 1.82) is 0 Å². The molecule has 2 aromatic rings. The first kappa shape index (κ1) is 13.7. The van der Waals surface area contributed by atoms with Crippen molar-refractivity contribution in [2.75, 3.05) is 5.73 Å². The summed E-state index contributed by atoms with van der Waals surface area (Å²) in [6.07, 6.45) is 0.932. The van der Waals surface area contributed by atoms with Gasteiger partial charge in [-0.3, -0.25) is 0 Å². The van der Waals surface area contributed by atoms with Crippen LogP contribution in [0.25, 0.3) is 11.4 Å². The molecule has 0 aromatic carbocycles. The Hall–Kier alpha value is -0.690. The summed E-state index contributed by atoms with van der Waals surface area (Å²) < 4.78 is 0.984. The zero-order valence-electron chi connectivity index (χ0n) is 10.7. The van der Waals surface area contributed by atoms with Crippen LogP contribution in [-0.4, -0.2) is 9.97 Å². The Morgan fingerprint density at radius 3 is 2.61 bits per heavy atom. The second kappa shape index (κ2) is 5.52. The summed E-state index contributed by atoms with van der Waals surface area (Å²) in [5.41, 5.74) is 9.35. The second-order valence-corrected chi connectivity index (χ2v) is 6.58. The van der Waals surface area contributed by atoms with Gasteiger partial charge in [-0.1, -0.05) is 13.8 Å².